The van der Waals surface area contributed by atoms with E-state index in [2.05, 4.69) is 15.9 Å². The van der Waals surface area contributed by atoms with Crippen molar-refractivity contribution in [1.82, 2.24) is 0 Å². The number of carbonyl (C=O) groups is 1. The lowest BCUT2D eigenvalue weighted by molar-refractivity contribution is 0.111. The van der Waals surface area contributed by atoms with E-state index in [9.17, 15) is 4.79 Å². The van der Waals surface area contributed by atoms with Crippen LogP contribution in [0.2, 0.25) is 0 Å². The van der Waals surface area contributed by atoms with E-state index in [1.54, 1.807) is 7.11 Å². The summed E-state index contributed by atoms with van der Waals surface area (Å²) in [4.78, 5) is 11.6. The maximum Gasteiger partial charge on any atom is 0.155 e. The summed E-state index contributed by atoms with van der Waals surface area (Å²) in [5.41, 5.74) is 1.45. The van der Waals surface area contributed by atoms with Crippen LogP contribution in [0.3, 0.4) is 0 Å². The van der Waals surface area contributed by atoms with Gasteiger partial charge in [0, 0.05) is 5.39 Å². The van der Waals surface area contributed by atoms with E-state index in [0.29, 0.717) is 39.3 Å². The SMILES string of the molecule is COc1c(Br)c(C=O)c(OC)c2c(OCc3ccccc3)cccc12. The normalized spacial score (nSPS) is 10.5. The predicted octanol–water partition coefficient (Wildman–Crippen LogP) is 5.01. The van der Waals surface area contributed by atoms with Crippen molar-refractivity contribution in [2.45, 2.75) is 6.61 Å². The molecule has 0 aliphatic carbocycles. The largest absolute Gasteiger partial charge is 0.495 e. The predicted molar refractivity (Wildman–Crippen MR) is 101 cm³/mol. The second-order valence-electron chi connectivity index (χ2n) is 5.36. The fraction of sp³-hybridized carbons (Fsp3) is 0.150. The summed E-state index contributed by atoms with van der Waals surface area (Å²) >= 11 is 3.44. The van der Waals surface area contributed by atoms with Gasteiger partial charge < -0.3 is 14.2 Å². The second kappa shape index (κ2) is 7.57. The van der Waals surface area contributed by atoms with Crippen LogP contribution in [0.5, 0.6) is 17.2 Å². The molecule has 0 amide bonds. The molecule has 25 heavy (non-hydrogen) atoms. The van der Waals surface area contributed by atoms with Gasteiger partial charge in [0.2, 0.25) is 0 Å². The molecule has 0 heterocycles. The lowest BCUT2D eigenvalue weighted by Crippen LogP contribution is -2.01. The first-order valence-electron chi connectivity index (χ1n) is 7.69. The second-order valence-corrected chi connectivity index (χ2v) is 6.16. The molecule has 0 atom stereocenters. The first-order chi connectivity index (χ1) is 12.2. The van der Waals surface area contributed by atoms with E-state index in [0.717, 1.165) is 17.2 Å². The van der Waals surface area contributed by atoms with E-state index in [-0.39, 0.29) is 0 Å². The van der Waals surface area contributed by atoms with Gasteiger partial charge in [0.15, 0.2) is 6.29 Å². The number of ether oxygens (including phenoxy) is 3. The van der Waals surface area contributed by atoms with Crippen molar-refractivity contribution in [3.05, 3.63) is 64.1 Å². The van der Waals surface area contributed by atoms with Crippen molar-refractivity contribution >= 4 is 33.0 Å². The Hall–Kier alpha value is -2.53. The summed E-state index contributed by atoms with van der Waals surface area (Å²) in [7, 11) is 3.10. The molecule has 0 saturated heterocycles. The van der Waals surface area contributed by atoms with Gasteiger partial charge in [0.05, 0.1) is 29.6 Å². The van der Waals surface area contributed by atoms with Crippen molar-refractivity contribution < 1.29 is 19.0 Å². The van der Waals surface area contributed by atoms with Crippen molar-refractivity contribution in [2.24, 2.45) is 0 Å². The number of carbonyl (C=O) groups excluding carboxylic acids is 1. The van der Waals surface area contributed by atoms with Gasteiger partial charge in [-0.3, -0.25) is 4.79 Å². The molecule has 3 rings (SSSR count). The Morgan fingerprint density at radius 2 is 1.68 bits per heavy atom. The van der Waals surface area contributed by atoms with Gasteiger partial charge in [-0.2, -0.15) is 0 Å². The molecule has 0 aromatic heterocycles. The number of hydrogen-bond acceptors (Lipinski definition) is 4. The van der Waals surface area contributed by atoms with Gasteiger partial charge in [-0.25, -0.2) is 0 Å². The van der Waals surface area contributed by atoms with Crippen LogP contribution in [-0.2, 0) is 6.61 Å². The molecular formula is C20H17BrO4. The van der Waals surface area contributed by atoms with Crippen LogP contribution in [0.25, 0.3) is 10.8 Å². The van der Waals surface area contributed by atoms with Crippen LogP contribution in [0, 0.1) is 0 Å². The minimum Gasteiger partial charge on any atom is -0.495 e. The molecule has 0 saturated carbocycles. The number of rotatable bonds is 6. The average molecular weight is 401 g/mol. The van der Waals surface area contributed by atoms with Gasteiger partial charge in [-0.1, -0.05) is 42.5 Å². The smallest absolute Gasteiger partial charge is 0.155 e. The Bertz CT molecular complexity index is 907. The molecule has 3 aromatic rings. The van der Waals surface area contributed by atoms with E-state index < -0.39 is 0 Å². The molecule has 0 N–H and O–H groups in total. The van der Waals surface area contributed by atoms with E-state index in [1.165, 1.54) is 7.11 Å². The van der Waals surface area contributed by atoms with Crippen molar-refractivity contribution in [3.63, 3.8) is 0 Å². The summed E-state index contributed by atoms with van der Waals surface area (Å²) in [6.07, 6.45) is 0.749. The molecule has 0 aliphatic heterocycles. The zero-order chi connectivity index (χ0) is 17.8. The van der Waals surface area contributed by atoms with E-state index >= 15 is 0 Å². The first kappa shape index (κ1) is 17.3. The third-order valence-corrected chi connectivity index (χ3v) is 4.73. The van der Waals surface area contributed by atoms with Crippen LogP contribution in [0.15, 0.2) is 53.0 Å². The molecular weight excluding hydrogens is 384 g/mol. The standard InChI is InChI=1S/C20H17BrO4/c1-23-19-15(11-22)18(21)20(24-2)14-9-6-10-16(17(14)19)25-12-13-7-4-3-5-8-13/h3-11H,12H2,1-2H3. The summed E-state index contributed by atoms with van der Waals surface area (Å²) in [5.74, 6) is 1.66. The molecule has 0 bridgehead atoms. The van der Waals surface area contributed by atoms with Gasteiger partial charge in [-0.15, -0.1) is 0 Å². The number of halogens is 1. The fourth-order valence-electron chi connectivity index (χ4n) is 2.80. The lowest BCUT2D eigenvalue weighted by Gasteiger charge is -2.18. The quantitative estimate of drug-likeness (QED) is 0.545. The Balaban J connectivity index is 2.17. The molecule has 0 radical (unpaired) electrons. The highest BCUT2D eigenvalue weighted by Gasteiger charge is 2.21. The zero-order valence-electron chi connectivity index (χ0n) is 13.9. The summed E-state index contributed by atoms with van der Waals surface area (Å²) in [6, 6.07) is 15.5. The van der Waals surface area contributed by atoms with Crippen molar-refractivity contribution in [1.29, 1.82) is 0 Å². The number of benzene rings is 3. The summed E-state index contributed by atoms with van der Waals surface area (Å²) < 4.78 is 17.6. The highest BCUT2D eigenvalue weighted by atomic mass is 79.9. The highest BCUT2D eigenvalue weighted by molar-refractivity contribution is 9.10. The topological polar surface area (TPSA) is 44.8 Å². The first-order valence-corrected chi connectivity index (χ1v) is 8.48. The maximum absolute atomic E-state index is 11.6. The van der Waals surface area contributed by atoms with Crippen molar-refractivity contribution in [2.75, 3.05) is 14.2 Å². The zero-order valence-corrected chi connectivity index (χ0v) is 15.5. The fourth-order valence-corrected chi connectivity index (χ4v) is 3.45. The Kier molecular flexibility index (Phi) is 5.24. The third kappa shape index (κ3) is 3.20. The number of fused-ring (bicyclic) bond motifs is 1. The third-order valence-electron chi connectivity index (χ3n) is 3.94. The molecule has 3 aromatic carbocycles. The van der Waals surface area contributed by atoms with Crippen LogP contribution in [0.1, 0.15) is 15.9 Å². The molecule has 4 nitrogen and oxygen atoms in total. The van der Waals surface area contributed by atoms with E-state index in [4.69, 9.17) is 14.2 Å². The van der Waals surface area contributed by atoms with Crippen LogP contribution < -0.4 is 14.2 Å². The maximum atomic E-state index is 11.6. The summed E-state index contributed by atoms with van der Waals surface area (Å²) in [5, 5.41) is 1.52. The monoisotopic (exact) mass is 400 g/mol. The minimum atomic E-state index is 0.391. The Morgan fingerprint density at radius 1 is 0.960 bits per heavy atom. The Labute approximate surface area is 154 Å². The van der Waals surface area contributed by atoms with Gasteiger partial charge in [0.1, 0.15) is 23.9 Å². The van der Waals surface area contributed by atoms with Gasteiger partial charge in [0.25, 0.3) is 0 Å². The Morgan fingerprint density at radius 3 is 2.32 bits per heavy atom. The minimum absolute atomic E-state index is 0.391. The van der Waals surface area contributed by atoms with Crippen LogP contribution in [-0.4, -0.2) is 20.5 Å². The lowest BCUT2D eigenvalue weighted by atomic mass is 10.0. The molecule has 128 valence electrons. The molecule has 0 spiro atoms. The highest BCUT2D eigenvalue weighted by Crippen LogP contribution is 2.46. The van der Waals surface area contributed by atoms with E-state index in [1.807, 2.05) is 48.5 Å². The molecule has 0 fully saturated rings. The number of aldehydes is 1. The van der Waals surface area contributed by atoms with Gasteiger partial charge in [-0.05, 0) is 27.6 Å². The number of methoxy groups -OCH3 is 2. The molecule has 0 unspecified atom stereocenters. The summed E-state index contributed by atoms with van der Waals surface area (Å²) in [6.45, 7) is 0.415. The molecule has 0 aliphatic rings. The molecule has 5 heteroatoms. The van der Waals surface area contributed by atoms with Crippen LogP contribution in [0.4, 0.5) is 0 Å². The number of hydrogen-bond donors (Lipinski definition) is 0. The average Bonchev–Trinajstić information content (AvgIpc) is 2.66. The van der Waals surface area contributed by atoms with Crippen molar-refractivity contribution in [3.8, 4) is 17.2 Å². The van der Waals surface area contributed by atoms with Gasteiger partial charge >= 0.3 is 0 Å². The van der Waals surface area contributed by atoms with Crippen LogP contribution >= 0.6 is 15.9 Å².